The van der Waals surface area contributed by atoms with Gasteiger partial charge in [-0.1, -0.05) is 55.0 Å². The van der Waals surface area contributed by atoms with Crippen LogP contribution in [0.2, 0.25) is 0 Å². The van der Waals surface area contributed by atoms with Crippen LogP contribution in [0, 0.1) is 6.92 Å². The average Bonchev–Trinajstić information content (AvgIpc) is 2.80. The van der Waals surface area contributed by atoms with Crippen molar-refractivity contribution in [3.05, 3.63) is 89.2 Å². The van der Waals surface area contributed by atoms with Gasteiger partial charge in [0.25, 0.3) is 10.0 Å². The molecule has 0 aliphatic carbocycles. The maximum absolute atomic E-state index is 13.8. The molecule has 0 radical (unpaired) electrons. The third-order valence-corrected chi connectivity index (χ3v) is 8.59. The number of aryl methyl sites for hydroxylation is 1. The van der Waals surface area contributed by atoms with Crippen LogP contribution in [0.4, 0.5) is 0 Å². The summed E-state index contributed by atoms with van der Waals surface area (Å²) in [5.74, 6) is 1.07. The fourth-order valence-electron chi connectivity index (χ4n) is 4.32. The molecule has 0 unspecified atom stereocenters. The summed E-state index contributed by atoms with van der Waals surface area (Å²) in [4.78, 5) is 0.115. The molecule has 0 saturated carbocycles. The lowest BCUT2D eigenvalue weighted by atomic mass is 9.84. The summed E-state index contributed by atoms with van der Waals surface area (Å²) in [6.45, 7) is 6.18. The quantitative estimate of drug-likeness (QED) is 0.571. The zero-order valence-electron chi connectivity index (χ0n) is 19.0. The van der Waals surface area contributed by atoms with Gasteiger partial charge in [0.1, 0.15) is 11.5 Å². The van der Waals surface area contributed by atoms with E-state index >= 15 is 0 Å². The minimum atomic E-state index is -4.07. The van der Waals surface area contributed by atoms with Gasteiger partial charge in [-0.25, -0.2) is 12.7 Å². The number of benzene rings is 2. The Labute approximate surface area is 200 Å². The number of aliphatic hydroxyl groups excluding tert-OH is 1. The molecule has 0 spiro atoms. The molecular formula is C25H29NO5S2. The molecule has 6 nitrogen and oxygen atoms in total. The smallest absolute Gasteiger partial charge is 0.267 e. The Morgan fingerprint density at radius 2 is 1.82 bits per heavy atom. The van der Waals surface area contributed by atoms with Crippen LogP contribution in [-0.2, 0) is 19.5 Å². The van der Waals surface area contributed by atoms with E-state index in [9.17, 15) is 13.5 Å². The zero-order chi connectivity index (χ0) is 23.6. The lowest BCUT2D eigenvalue weighted by Gasteiger charge is -2.45. The van der Waals surface area contributed by atoms with Crippen molar-refractivity contribution in [2.45, 2.75) is 49.5 Å². The molecule has 0 aromatic heterocycles. The number of nitrogens with zero attached hydrogens (tertiary/aromatic N) is 1. The van der Waals surface area contributed by atoms with Crippen molar-refractivity contribution in [2.24, 2.45) is 0 Å². The molecule has 2 aliphatic heterocycles. The summed E-state index contributed by atoms with van der Waals surface area (Å²) >= 11 is 1.67. The van der Waals surface area contributed by atoms with Gasteiger partial charge in [0.2, 0.25) is 5.88 Å². The molecule has 2 heterocycles. The summed E-state index contributed by atoms with van der Waals surface area (Å²) in [5.41, 5.74) is 1.79. The SMILES string of the molecule is CCOC1=C2O[C@H](SCC)C[C@H](c3ccccc3)[C@H]2N(S(=O)(=O)c2ccc(C)cc2)C(O)=C1. The first-order valence-electron chi connectivity index (χ1n) is 11.1. The highest BCUT2D eigenvalue weighted by atomic mass is 32.2. The molecule has 8 heteroatoms. The second-order valence-electron chi connectivity index (χ2n) is 7.98. The van der Waals surface area contributed by atoms with Crippen LogP contribution < -0.4 is 0 Å². The van der Waals surface area contributed by atoms with Gasteiger partial charge in [-0.05, 0) is 37.3 Å². The first-order valence-corrected chi connectivity index (χ1v) is 13.6. The van der Waals surface area contributed by atoms with E-state index < -0.39 is 16.1 Å². The number of allylic oxidation sites excluding steroid dienone is 1. The summed E-state index contributed by atoms with van der Waals surface area (Å²) in [5, 5.41) is 11.0. The van der Waals surface area contributed by atoms with Crippen molar-refractivity contribution in [2.75, 3.05) is 12.4 Å². The van der Waals surface area contributed by atoms with E-state index in [1.807, 2.05) is 44.2 Å². The number of fused-ring (bicyclic) bond motifs is 1. The molecule has 2 aromatic carbocycles. The van der Waals surface area contributed by atoms with Crippen LogP contribution in [0.1, 0.15) is 37.3 Å². The molecule has 0 amide bonds. The van der Waals surface area contributed by atoms with Gasteiger partial charge in [-0.3, -0.25) is 0 Å². The molecule has 0 bridgehead atoms. The Morgan fingerprint density at radius 1 is 1.12 bits per heavy atom. The summed E-state index contributed by atoms with van der Waals surface area (Å²) < 4.78 is 40.9. The minimum Gasteiger partial charge on any atom is -0.494 e. The maximum Gasteiger partial charge on any atom is 0.267 e. The topological polar surface area (TPSA) is 76.1 Å². The van der Waals surface area contributed by atoms with Crippen molar-refractivity contribution in [1.29, 1.82) is 0 Å². The highest BCUT2D eigenvalue weighted by Gasteiger charge is 2.49. The van der Waals surface area contributed by atoms with Crippen molar-refractivity contribution in [1.82, 2.24) is 4.31 Å². The molecule has 3 atom stereocenters. The number of thioether (sulfide) groups is 1. The van der Waals surface area contributed by atoms with Crippen molar-refractivity contribution >= 4 is 21.8 Å². The van der Waals surface area contributed by atoms with Gasteiger partial charge in [0.05, 0.1) is 11.5 Å². The van der Waals surface area contributed by atoms with Crippen LogP contribution in [0.5, 0.6) is 0 Å². The molecule has 33 heavy (non-hydrogen) atoms. The van der Waals surface area contributed by atoms with E-state index in [4.69, 9.17) is 9.47 Å². The molecular weight excluding hydrogens is 458 g/mol. The van der Waals surface area contributed by atoms with E-state index in [1.165, 1.54) is 6.08 Å². The third-order valence-electron chi connectivity index (χ3n) is 5.79. The van der Waals surface area contributed by atoms with E-state index in [0.717, 1.165) is 21.2 Å². The lowest BCUT2D eigenvalue weighted by molar-refractivity contribution is 0.0477. The second-order valence-corrected chi connectivity index (χ2v) is 11.2. The third kappa shape index (κ3) is 4.59. The first-order chi connectivity index (χ1) is 15.9. The van der Waals surface area contributed by atoms with Gasteiger partial charge >= 0.3 is 0 Å². The standard InChI is InChI=1S/C25H29NO5S2/c1-4-30-21-16-22(27)26(33(28,29)19-13-11-17(3)12-14-19)24-20(18-9-7-6-8-10-18)15-23(32-5-2)31-25(21)24/h6-14,16,20,23-24,27H,4-5,15H2,1-3H3/t20-,23-,24-/m1/s1. The van der Waals surface area contributed by atoms with Gasteiger partial charge in [-0.2, -0.15) is 0 Å². The van der Waals surface area contributed by atoms with E-state index in [-0.39, 0.29) is 22.1 Å². The predicted octanol–water partition coefficient (Wildman–Crippen LogP) is 5.30. The predicted molar refractivity (Wildman–Crippen MR) is 130 cm³/mol. The van der Waals surface area contributed by atoms with E-state index in [0.29, 0.717) is 24.5 Å². The Hall–Kier alpha value is -2.58. The minimum absolute atomic E-state index is 0.115. The Morgan fingerprint density at radius 3 is 2.45 bits per heavy atom. The van der Waals surface area contributed by atoms with Gasteiger partial charge in [0, 0.05) is 18.4 Å². The number of rotatable bonds is 7. The number of sulfonamides is 1. The van der Waals surface area contributed by atoms with Gasteiger partial charge in [0.15, 0.2) is 11.5 Å². The van der Waals surface area contributed by atoms with Gasteiger partial charge in [-0.15, -0.1) is 11.8 Å². The van der Waals surface area contributed by atoms with Crippen molar-refractivity contribution in [3.63, 3.8) is 0 Å². The highest BCUT2D eigenvalue weighted by Crippen LogP contribution is 2.47. The van der Waals surface area contributed by atoms with Crippen molar-refractivity contribution < 1.29 is 23.0 Å². The average molecular weight is 488 g/mol. The van der Waals surface area contributed by atoms with E-state index in [2.05, 4.69) is 6.92 Å². The number of hydrogen-bond donors (Lipinski definition) is 1. The molecule has 4 rings (SSSR count). The van der Waals surface area contributed by atoms with Crippen LogP contribution in [0.3, 0.4) is 0 Å². The van der Waals surface area contributed by atoms with Crippen LogP contribution in [-0.4, -0.2) is 41.7 Å². The maximum atomic E-state index is 13.8. The number of hydrogen-bond acceptors (Lipinski definition) is 6. The summed E-state index contributed by atoms with van der Waals surface area (Å²) in [7, 11) is -4.07. The fourth-order valence-corrected chi connectivity index (χ4v) is 6.75. The number of ether oxygens (including phenoxy) is 2. The molecule has 1 saturated heterocycles. The van der Waals surface area contributed by atoms with Crippen molar-refractivity contribution in [3.8, 4) is 0 Å². The fraction of sp³-hybridized carbons (Fsp3) is 0.360. The normalized spacial score (nSPS) is 22.9. The second kappa shape index (κ2) is 9.73. The molecule has 176 valence electrons. The van der Waals surface area contributed by atoms with E-state index in [1.54, 1.807) is 36.0 Å². The Bertz CT molecular complexity index is 1140. The van der Waals surface area contributed by atoms with Crippen LogP contribution in [0.25, 0.3) is 0 Å². The largest absolute Gasteiger partial charge is 0.494 e. The first kappa shape index (κ1) is 23.6. The summed E-state index contributed by atoms with van der Waals surface area (Å²) in [6.07, 6.45) is 1.95. The molecule has 2 aliphatic rings. The molecule has 2 aromatic rings. The molecule has 1 N–H and O–H groups in total. The highest BCUT2D eigenvalue weighted by molar-refractivity contribution is 7.99. The summed E-state index contributed by atoms with van der Waals surface area (Å²) in [6, 6.07) is 15.7. The zero-order valence-corrected chi connectivity index (χ0v) is 20.6. The molecule has 1 fully saturated rings. The van der Waals surface area contributed by atoms with Gasteiger partial charge < -0.3 is 14.6 Å². The Kier molecular flexibility index (Phi) is 6.95. The van der Waals surface area contributed by atoms with Crippen LogP contribution >= 0.6 is 11.8 Å². The lowest BCUT2D eigenvalue weighted by Crippen LogP contribution is -2.50. The van der Waals surface area contributed by atoms with Crippen LogP contribution in [0.15, 0.2) is 83.0 Å². The number of aliphatic hydroxyl groups is 1. The Balaban J connectivity index is 1.88. The monoisotopic (exact) mass is 487 g/mol.